The lowest BCUT2D eigenvalue weighted by Gasteiger charge is -2.20. The Kier molecular flexibility index (Phi) is 7.87. The predicted octanol–water partition coefficient (Wildman–Crippen LogP) is 7.09. The number of alkyl halides is 10. The molecule has 0 saturated heterocycles. The Labute approximate surface area is 221 Å². The predicted molar refractivity (Wildman–Crippen MR) is 115 cm³/mol. The quantitative estimate of drug-likeness (QED) is 0.268. The van der Waals surface area contributed by atoms with E-state index in [9.17, 15) is 53.5 Å². The van der Waals surface area contributed by atoms with Crippen molar-refractivity contribution < 1.29 is 53.5 Å². The molecule has 2 aromatic carbocycles. The fourth-order valence-electron chi connectivity index (χ4n) is 3.44. The highest BCUT2D eigenvalue weighted by Gasteiger charge is 2.68. The standard InChI is InChI=1S/C21H11Cl3F10N2O2/c22-10-5-12(26)13(4-8(10)16(37)35-6-18(27,28)21(32,33)34)36-17(38)15-14(19(15,23)24)7-1-2-11(25)9(3-7)20(29,30)31/h1-5,14-15H,6H2,(H,35,37)(H,36,38)/t14-,15+/m0/s1. The summed E-state index contributed by atoms with van der Waals surface area (Å²) in [5.41, 5.74) is -3.53. The number of amides is 2. The first-order valence-electron chi connectivity index (χ1n) is 9.95. The topological polar surface area (TPSA) is 58.2 Å². The average molecular weight is 620 g/mol. The number of carbonyl (C=O) groups excluding carboxylic acids is 2. The Morgan fingerprint density at radius 3 is 2.08 bits per heavy atom. The van der Waals surface area contributed by atoms with Crippen LogP contribution >= 0.6 is 34.8 Å². The van der Waals surface area contributed by atoms with Crippen LogP contribution in [0.1, 0.15) is 27.4 Å². The van der Waals surface area contributed by atoms with Gasteiger partial charge in [-0.3, -0.25) is 9.59 Å². The van der Waals surface area contributed by atoms with Crippen molar-refractivity contribution in [3.05, 3.63) is 63.7 Å². The molecular formula is C21H11Cl3F10N2O2. The second-order valence-electron chi connectivity index (χ2n) is 8.05. The lowest BCUT2D eigenvalue weighted by Crippen LogP contribution is -2.46. The third-order valence-corrected chi connectivity index (χ3v) is 6.69. The zero-order valence-corrected chi connectivity index (χ0v) is 20.2. The molecule has 1 aliphatic carbocycles. The molecule has 0 aromatic heterocycles. The van der Waals surface area contributed by atoms with Crippen molar-refractivity contribution in [2.24, 2.45) is 5.92 Å². The minimum atomic E-state index is -5.98. The van der Waals surface area contributed by atoms with Crippen LogP contribution in [0.4, 0.5) is 49.6 Å². The number of anilines is 1. The van der Waals surface area contributed by atoms with Gasteiger partial charge in [-0.25, -0.2) is 8.78 Å². The Morgan fingerprint density at radius 1 is 0.921 bits per heavy atom. The minimum Gasteiger partial charge on any atom is -0.346 e. The number of benzene rings is 2. The molecule has 2 atom stereocenters. The zero-order chi connectivity index (χ0) is 29.0. The molecule has 2 aromatic rings. The van der Waals surface area contributed by atoms with Crippen LogP contribution in [0.5, 0.6) is 0 Å². The minimum absolute atomic E-state index is 0.272. The molecule has 0 spiro atoms. The van der Waals surface area contributed by atoms with Crippen LogP contribution in [0.15, 0.2) is 30.3 Å². The van der Waals surface area contributed by atoms with E-state index in [1.165, 1.54) is 5.32 Å². The second-order valence-corrected chi connectivity index (χ2v) is 9.90. The van der Waals surface area contributed by atoms with E-state index in [0.717, 1.165) is 6.07 Å². The third kappa shape index (κ3) is 5.91. The molecule has 0 heterocycles. The number of carbonyl (C=O) groups is 2. The molecule has 1 fully saturated rings. The largest absolute Gasteiger partial charge is 0.455 e. The number of hydrogen-bond donors (Lipinski definition) is 2. The molecule has 38 heavy (non-hydrogen) atoms. The molecule has 17 heteroatoms. The van der Waals surface area contributed by atoms with E-state index >= 15 is 0 Å². The van der Waals surface area contributed by atoms with E-state index in [4.69, 9.17) is 34.8 Å². The summed E-state index contributed by atoms with van der Waals surface area (Å²) in [6.45, 7) is -2.17. The maximum absolute atomic E-state index is 14.4. The summed E-state index contributed by atoms with van der Waals surface area (Å²) >= 11 is 17.7. The molecule has 208 valence electrons. The lowest BCUT2D eigenvalue weighted by atomic mass is 10.0. The Hall–Kier alpha value is -2.45. The zero-order valence-electron chi connectivity index (χ0n) is 18.0. The van der Waals surface area contributed by atoms with Crippen molar-refractivity contribution in [1.29, 1.82) is 0 Å². The van der Waals surface area contributed by atoms with Crippen LogP contribution in [-0.2, 0) is 11.0 Å². The van der Waals surface area contributed by atoms with Gasteiger partial charge in [-0.1, -0.05) is 17.7 Å². The van der Waals surface area contributed by atoms with Crippen molar-refractivity contribution in [3.63, 3.8) is 0 Å². The molecule has 0 unspecified atom stereocenters. The first-order valence-corrected chi connectivity index (χ1v) is 11.1. The Bertz CT molecular complexity index is 1280. The summed E-state index contributed by atoms with van der Waals surface area (Å²) in [6.07, 6.45) is -11.1. The summed E-state index contributed by atoms with van der Waals surface area (Å²) < 4.78 is 128. The van der Waals surface area contributed by atoms with Gasteiger partial charge < -0.3 is 10.6 Å². The molecule has 2 amide bonds. The number of halogens is 13. The molecule has 0 radical (unpaired) electrons. The van der Waals surface area contributed by atoms with Crippen LogP contribution in [0.2, 0.25) is 5.02 Å². The highest BCUT2D eigenvalue weighted by atomic mass is 35.5. The number of hydrogen-bond acceptors (Lipinski definition) is 2. The smallest absolute Gasteiger partial charge is 0.346 e. The fraction of sp³-hybridized carbons (Fsp3) is 0.333. The normalized spacial score (nSPS) is 19.2. The summed E-state index contributed by atoms with van der Waals surface area (Å²) in [5, 5.41) is 2.53. The van der Waals surface area contributed by atoms with E-state index in [-0.39, 0.29) is 5.56 Å². The maximum atomic E-state index is 14.4. The maximum Gasteiger partial charge on any atom is 0.455 e. The molecule has 1 aliphatic rings. The number of rotatable bonds is 6. The van der Waals surface area contributed by atoms with Gasteiger partial charge in [-0.2, -0.15) is 35.1 Å². The van der Waals surface area contributed by atoms with Gasteiger partial charge in [-0.15, -0.1) is 23.2 Å². The highest BCUT2D eigenvalue weighted by Crippen LogP contribution is 2.65. The summed E-state index contributed by atoms with van der Waals surface area (Å²) in [6, 6.07) is 2.76. The van der Waals surface area contributed by atoms with Crippen LogP contribution in [0.25, 0.3) is 0 Å². The Balaban J connectivity index is 1.81. The average Bonchev–Trinajstić information content (AvgIpc) is 3.34. The monoisotopic (exact) mass is 618 g/mol. The lowest BCUT2D eigenvalue weighted by molar-refractivity contribution is -0.278. The van der Waals surface area contributed by atoms with Gasteiger partial charge in [0.2, 0.25) is 5.91 Å². The van der Waals surface area contributed by atoms with Crippen molar-refractivity contribution in [2.75, 3.05) is 11.9 Å². The first kappa shape index (κ1) is 30.1. The van der Waals surface area contributed by atoms with E-state index in [1.807, 2.05) is 5.32 Å². The van der Waals surface area contributed by atoms with Crippen LogP contribution in [0.3, 0.4) is 0 Å². The summed E-state index contributed by atoms with van der Waals surface area (Å²) in [5.74, 6) is -13.7. The molecule has 0 aliphatic heterocycles. The van der Waals surface area contributed by atoms with Crippen LogP contribution < -0.4 is 10.6 Å². The van der Waals surface area contributed by atoms with Gasteiger partial charge in [0.25, 0.3) is 5.91 Å². The van der Waals surface area contributed by atoms with E-state index in [1.54, 1.807) is 0 Å². The van der Waals surface area contributed by atoms with Crippen molar-refractivity contribution in [3.8, 4) is 0 Å². The van der Waals surface area contributed by atoms with Crippen LogP contribution in [-0.4, -0.2) is 34.8 Å². The van der Waals surface area contributed by atoms with Crippen molar-refractivity contribution in [2.45, 2.75) is 28.5 Å². The molecule has 0 bridgehead atoms. The van der Waals surface area contributed by atoms with E-state index in [2.05, 4.69) is 0 Å². The molecular weight excluding hydrogens is 609 g/mol. The molecule has 2 N–H and O–H groups in total. The van der Waals surface area contributed by atoms with E-state index < -0.39 is 86.3 Å². The van der Waals surface area contributed by atoms with Gasteiger partial charge >= 0.3 is 18.3 Å². The number of nitrogens with one attached hydrogen (secondary N) is 2. The molecule has 4 nitrogen and oxygen atoms in total. The summed E-state index contributed by atoms with van der Waals surface area (Å²) in [4.78, 5) is 24.8. The molecule has 1 saturated carbocycles. The van der Waals surface area contributed by atoms with Gasteiger partial charge in [0.15, 0.2) is 0 Å². The molecule has 3 rings (SSSR count). The first-order chi connectivity index (χ1) is 17.2. The third-order valence-electron chi connectivity index (χ3n) is 5.44. The van der Waals surface area contributed by atoms with Gasteiger partial charge in [0.1, 0.15) is 16.0 Å². The van der Waals surface area contributed by atoms with Crippen LogP contribution in [0, 0.1) is 17.6 Å². The second kappa shape index (κ2) is 9.94. The Morgan fingerprint density at radius 2 is 1.53 bits per heavy atom. The summed E-state index contributed by atoms with van der Waals surface area (Å²) in [7, 11) is 0. The van der Waals surface area contributed by atoms with Crippen molar-refractivity contribution >= 4 is 52.3 Å². The van der Waals surface area contributed by atoms with Gasteiger partial charge in [-0.05, 0) is 29.8 Å². The van der Waals surface area contributed by atoms with E-state index in [0.29, 0.717) is 24.3 Å². The van der Waals surface area contributed by atoms with Crippen molar-refractivity contribution in [1.82, 2.24) is 5.32 Å². The SMILES string of the molecule is O=C(NCC(F)(F)C(F)(F)F)c1cc(NC(=O)[C@H]2[C@H](c3ccc(F)c(C(F)(F)F)c3)C2(Cl)Cl)c(F)cc1Cl. The fourth-order valence-corrected chi connectivity index (χ4v) is 4.50. The van der Waals surface area contributed by atoms with Gasteiger partial charge in [0, 0.05) is 5.92 Å². The van der Waals surface area contributed by atoms with Gasteiger partial charge in [0.05, 0.1) is 34.3 Å². The highest BCUT2D eigenvalue weighted by molar-refractivity contribution is 6.53.